The van der Waals surface area contributed by atoms with E-state index in [1.165, 1.54) is 5.56 Å². The van der Waals surface area contributed by atoms with Gasteiger partial charge in [0.1, 0.15) is 0 Å². The lowest BCUT2D eigenvalue weighted by molar-refractivity contribution is 0.299. The molecule has 1 aromatic heterocycles. The second-order valence-corrected chi connectivity index (χ2v) is 3.98. The highest BCUT2D eigenvalue weighted by molar-refractivity contribution is 5.37. The van der Waals surface area contributed by atoms with E-state index >= 15 is 0 Å². The van der Waals surface area contributed by atoms with E-state index < -0.39 is 0 Å². The van der Waals surface area contributed by atoms with Gasteiger partial charge < -0.3 is 5.11 Å². The molecule has 1 aromatic carbocycles. The van der Waals surface area contributed by atoms with Crippen molar-refractivity contribution >= 4 is 0 Å². The molecule has 0 aliphatic carbocycles. The van der Waals surface area contributed by atoms with Gasteiger partial charge in [-0.1, -0.05) is 12.1 Å². The van der Waals surface area contributed by atoms with Crippen molar-refractivity contribution in [1.29, 1.82) is 0 Å². The summed E-state index contributed by atoms with van der Waals surface area (Å²) in [4.78, 5) is 0. The standard InChI is InChI=1S/C13H16N2O/c1-10-4-3-5-13(8-10)15-11(2)12(6-7-16)9-14-15/h3-5,8-9,16H,6-7H2,1-2H3. The van der Waals surface area contributed by atoms with Gasteiger partial charge in [-0.3, -0.25) is 0 Å². The zero-order valence-electron chi connectivity index (χ0n) is 9.64. The molecule has 0 saturated carbocycles. The lowest BCUT2D eigenvalue weighted by Gasteiger charge is -2.06. The molecule has 2 rings (SSSR count). The molecule has 0 saturated heterocycles. The van der Waals surface area contributed by atoms with Crippen molar-refractivity contribution in [3.63, 3.8) is 0 Å². The van der Waals surface area contributed by atoms with Crippen molar-refractivity contribution in [1.82, 2.24) is 9.78 Å². The first-order valence-electron chi connectivity index (χ1n) is 5.44. The quantitative estimate of drug-likeness (QED) is 0.852. The number of hydrogen-bond donors (Lipinski definition) is 1. The first kappa shape index (κ1) is 10.9. The first-order valence-corrected chi connectivity index (χ1v) is 5.44. The van der Waals surface area contributed by atoms with E-state index in [1.54, 1.807) is 0 Å². The third-order valence-corrected chi connectivity index (χ3v) is 2.74. The molecule has 0 radical (unpaired) electrons. The number of nitrogens with zero attached hydrogens (tertiary/aromatic N) is 2. The number of rotatable bonds is 3. The Hall–Kier alpha value is -1.61. The third-order valence-electron chi connectivity index (χ3n) is 2.74. The highest BCUT2D eigenvalue weighted by Gasteiger charge is 2.07. The number of aryl methyl sites for hydroxylation is 1. The smallest absolute Gasteiger partial charge is 0.0651 e. The maximum atomic E-state index is 8.93. The Balaban J connectivity index is 2.41. The topological polar surface area (TPSA) is 38.0 Å². The Bertz CT molecular complexity index is 488. The van der Waals surface area contributed by atoms with Crippen LogP contribution in [-0.2, 0) is 6.42 Å². The van der Waals surface area contributed by atoms with Crippen molar-refractivity contribution < 1.29 is 5.11 Å². The summed E-state index contributed by atoms with van der Waals surface area (Å²) >= 11 is 0. The van der Waals surface area contributed by atoms with Crippen LogP contribution in [0.5, 0.6) is 0 Å². The van der Waals surface area contributed by atoms with Crippen LogP contribution in [-0.4, -0.2) is 21.5 Å². The maximum absolute atomic E-state index is 8.93. The van der Waals surface area contributed by atoms with Crippen LogP contribution in [0.3, 0.4) is 0 Å². The zero-order chi connectivity index (χ0) is 11.5. The fourth-order valence-corrected chi connectivity index (χ4v) is 1.83. The Labute approximate surface area is 95.3 Å². The van der Waals surface area contributed by atoms with Gasteiger partial charge in [0.2, 0.25) is 0 Å². The Morgan fingerprint density at radius 3 is 2.81 bits per heavy atom. The molecule has 0 aliphatic rings. The fourth-order valence-electron chi connectivity index (χ4n) is 1.83. The molecule has 0 aliphatic heterocycles. The van der Waals surface area contributed by atoms with E-state index in [4.69, 9.17) is 5.11 Å². The average Bonchev–Trinajstić information content (AvgIpc) is 2.61. The van der Waals surface area contributed by atoms with Crippen molar-refractivity contribution in [2.75, 3.05) is 6.61 Å². The number of aliphatic hydroxyl groups is 1. The van der Waals surface area contributed by atoms with E-state index in [9.17, 15) is 0 Å². The van der Waals surface area contributed by atoms with Crippen molar-refractivity contribution in [3.05, 3.63) is 47.3 Å². The number of hydrogen-bond acceptors (Lipinski definition) is 2. The predicted molar refractivity (Wildman–Crippen MR) is 63.8 cm³/mol. The predicted octanol–water partition coefficient (Wildman–Crippen LogP) is 2.02. The van der Waals surface area contributed by atoms with Crippen LogP contribution in [0, 0.1) is 13.8 Å². The van der Waals surface area contributed by atoms with Crippen LogP contribution < -0.4 is 0 Å². The fraction of sp³-hybridized carbons (Fsp3) is 0.308. The summed E-state index contributed by atoms with van der Waals surface area (Å²) in [7, 11) is 0. The van der Waals surface area contributed by atoms with Crippen molar-refractivity contribution in [3.8, 4) is 5.69 Å². The molecule has 0 atom stereocenters. The van der Waals surface area contributed by atoms with Gasteiger partial charge in [0, 0.05) is 12.3 Å². The van der Waals surface area contributed by atoms with Gasteiger partial charge in [-0.15, -0.1) is 0 Å². The second-order valence-electron chi connectivity index (χ2n) is 3.98. The summed E-state index contributed by atoms with van der Waals surface area (Å²) in [5.41, 5.74) is 4.49. The molecule has 0 bridgehead atoms. The van der Waals surface area contributed by atoms with Crippen molar-refractivity contribution in [2.45, 2.75) is 20.3 Å². The molecule has 0 fully saturated rings. The van der Waals surface area contributed by atoms with E-state index in [2.05, 4.69) is 24.2 Å². The van der Waals surface area contributed by atoms with Gasteiger partial charge in [0.25, 0.3) is 0 Å². The van der Waals surface area contributed by atoms with Gasteiger partial charge in [0.05, 0.1) is 11.9 Å². The van der Waals surface area contributed by atoms with Crippen LogP contribution >= 0.6 is 0 Å². The van der Waals surface area contributed by atoms with E-state index in [1.807, 2.05) is 29.9 Å². The molecule has 3 nitrogen and oxygen atoms in total. The molecular formula is C13H16N2O. The average molecular weight is 216 g/mol. The molecule has 3 heteroatoms. The molecule has 84 valence electrons. The van der Waals surface area contributed by atoms with Gasteiger partial charge in [-0.25, -0.2) is 4.68 Å². The Kier molecular flexibility index (Phi) is 3.06. The highest BCUT2D eigenvalue weighted by atomic mass is 16.2. The van der Waals surface area contributed by atoms with Gasteiger partial charge in [-0.05, 0) is 43.5 Å². The third kappa shape index (κ3) is 1.99. The molecule has 0 unspecified atom stereocenters. The van der Waals surface area contributed by atoms with Crippen LogP contribution in [0.2, 0.25) is 0 Å². The summed E-state index contributed by atoms with van der Waals surface area (Å²) < 4.78 is 1.91. The van der Waals surface area contributed by atoms with Gasteiger partial charge >= 0.3 is 0 Å². The zero-order valence-corrected chi connectivity index (χ0v) is 9.64. The van der Waals surface area contributed by atoms with Crippen LogP contribution in [0.4, 0.5) is 0 Å². The van der Waals surface area contributed by atoms with E-state index in [0.29, 0.717) is 6.42 Å². The van der Waals surface area contributed by atoms with Gasteiger partial charge in [0.15, 0.2) is 0 Å². The summed E-state index contributed by atoms with van der Waals surface area (Å²) in [6.07, 6.45) is 2.49. The monoisotopic (exact) mass is 216 g/mol. The maximum Gasteiger partial charge on any atom is 0.0651 e. The molecule has 1 N–H and O–H groups in total. The van der Waals surface area contributed by atoms with Gasteiger partial charge in [-0.2, -0.15) is 5.10 Å². The molecular weight excluding hydrogens is 200 g/mol. The minimum absolute atomic E-state index is 0.167. The largest absolute Gasteiger partial charge is 0.396 e. The second kappa shape index (κ2) is 4.49. The normalized spacial score (nSPS) is 10.7. The summed E-state index contributed by atoms with van der Waals surface area (Å²) in [5.74, 6) is 0. The van der Waals surface area contributed by atoms with Crippen molar-refractivity contribution in [2.24, 2.45) is 0 Å². The SMILES string of the molecule is Cc1cccc(-n2ncc(CCO)c2C)c1. The van der Waals surface area contributed by atoms with E-state index in [-0.39, 0.29) is 6.61 Å². The molecule has 16 heavy (non-hydrogen) atoms. The molecule has 0 amide bonds. The Morgan fingerprint density at radius 1 is 1.31 bits per heavy atom. The first-order chi connectivity index (χ1) is 7.72. The van der Waals surface area contributed by atoms with E-state index in [0.717, 1.165) is 16.9 Å². The molecule has 0 spiro atoms. The minimum Gasteiger partial charge on any atom is -0.396 e. The molecule has 2 aromatic rings. The van der Waals surface area contributed by atoms with Crippen LogP contribution in [0.25, 0.3) is 5.69 Å². The number of aromatic nitrogens is 2. The molecule has 1 heterocycles. The number of benzene rings is 1. The summed E-state index contributed by atoms with van der Waals surface area (Å²) in [5, 5.41) is 13.3. The van der Waals surface area contributed by atoms with Crippen LogP contribution in [0.15, 0.2) is 30.5 Å². The summed E-state index contributed by atoms with van der Waals surface area (Å²) in [6.45, 7) is 4.26. The summed E-state index contributed by atoms with van der Waals surface area (Å²) in [6, 6.07) is 8.23. The highest BCUT2D eigenvalue weighted by Crippen LogP contribution is 2.15. The Morgan fingerprint density at radius 2 is 2.12 bits per heavy atom. The lowest BCUT2D eigenvalue weighted by Crippen LogP contribution is -2.00. The minimum atomic E-state index is 0.167. The lowest BCUT2D eigenvalue weighted by atomic mass is 10.2. The number of aliphatic hydroxyl groups excluding tert-OH is 1. The van der Waals surface area contributed by atoms with Crippen LogP contribution in [0.1, 0.15) is 16.8 Å².